The van der Waals surface area contributed by atoms with Gasteiger partial charge in [-0.05, 0) is 43.0 Å². The van der Waals surface area contributed by atoms with Gasteiger partial charge in [0.2, 0.25) is 11.8 Å². The van der Waals surface area contributed by atoms with Crippen LogP contribution in [0.4, 0.5) is 0 Å². The third-order valence-corrected chi connectivity index (χ3v) is 6.36. The van der Waals surface area contributed by atoms with Crippen LogP contribution >= 0.6 is 0 Å². The number of allylic oxidation sites excluding steroid dienone is 1. The number of aromatic nitrogens is 3. The fraction of sp³-hybridized carbons (Fsp3) is 0.391. The first-order valence-electron chi connectivity index (χ1n) is 11.1. The molecule has 170 valence electrons. The Kier molecular flexibility index (Phi) is 5.27. The molecule has 4 heterocycles. The maximum atomic E-state index is 12.9. The second-order valence-electron chi connectivity index (χ2n) is 8.54. The summed E-state index contributed by atoms with van der Waals surface area (Å²) in [5, 5.41) is 10.5. The molecule has 2 aromatic rings. The lowest BCUT2D eigenvalue weighted by Crippen LogP contribution is -2.52. The molecule has 1 unspecified atom stereocenters. The molecule has 1 aromatic carbocycles. The Hall–Kier alpha value is -3.82. The van der Waals surface area contributed by atoms with Gasteiger partial charge in [0.1, 0.15) is 6.04 Å². The van der Waals surface area contributed by atoms with E-state index in [0.717, 1.165) is 18.4 Å². The van der Waals surface area contributed by atoms with Crippen molar-refractivity contribution in [2.75, 3.05) is 13.1 Å². The molecule has 2 saturated heterocycles. The van der Waals surface area contributed by atoms with Crippen molar-refractivity contribution in [1.29, 1.82) is 0 Å². The Balaban J connectivity index is 1.32. The first kappa shape index (κ1) is 21.0. The van der Waals surface area contributed by atoms with Gasteiger partial charge in [-0.15, -0.1) is 5.10 Å². The summed E-state index contributed by atoms with van der Waals surface area (Å²) in [5.74, 6) is -1.14. The van der Waals surface area contributed by atoms with Gasteiger partial charge in [0, 0.05) is 31.6 Å². The molecule has 3 aliphatic heterocycles. The quantitative estimate of drug-likeness (QED) is 0.555. The van der Waals surface area contributed by atoms with Crippen LogP contribution in [0, 0.1) is 0 Å². The molecule has 1 aromatic heterocycles. The number of piperidine rings is 1. The van der Waals surface area contributed by atoms with E-state index < -0.39 is 11.9 Å². The molecule has 0 aliphatic carbocycles. The standard InChI is InChI=1S/C23H24N6O4/c1-2-3-14-8-9-27(11-14)23(33)18-13-29(26-25-18)16-4-5-17-15(10-16)12-28(22(17)32)19-6-7-20(30)24-21(19)31/h3-5,10,13,19H,2,6-9,11-12H2,1H3,(H,24,30,31). The van der Waals surface area contributed by atoms with E-state index in [2.05, 4.69) is 28.6 Å². The molecule has 0 radical (unpaired) electrons. The normalized spacial score (nSPS) is 21.7. The third-order valence-electron chi connectivity index (χ3n) is 6.36. The number of carbonyl (C=O) groups is 4. The van der Waals surface area contributed by atoms with E-state index in [4.69, 9.17) is 0 Å². The van der Waals surface area contributed by atoms with Crippen molar-refractivity contribution in [3.05, 3.63) is 52.9 Å². The van der Waals surface area contributed by atoms with Gasteiger partial charge in [0.15, 0.2) is 5.69 Å². The van der Waals surface area contributed by atoms with Gasteiger partial charge in [-0.25, -0.2) is 4.68 Å². The van der Waals surface area contributed by atoms with E-state index in [-0.39, 0.29) is 36.4 Å². The van der Waals surface area contributed by atoms with Gasteiger partial charge in [0.25, 0.3) is 11.8 Å². The third kappa shape index (κ3) is 3.81. The zero-order valence-electron chi connectivity index (χ0n) is 18.3. The molecule has 2 fully saturated rings. The van der Waals surface area contributed by atoms with Gasteiger partial charge >= 0.3 is 0 Å². The number of likely N-dealkylation sites (tertiary alicyclic amines) is 1. The van der Waals surface area contributed by atoms with Gasteiger partial charge < -0.3 is 9.80 Å². The number of nitrogens with zero attached hydrogens (tertiary/aromatic N) is 5. The van der Waals surface area contributed by atoms with Crippen LogP contribution in [-0.2, 0) is 16.1 Å². The highest BCUT2D eigenvalue weighted by atomic mass is 16.2. The lowest BCUT2D eigenvalue weighted by atomic mass is 10.0. The number of imide groups is 1. The van der Waals surface area contributed by atoms with Crippen molar-refractivity contribution in [1.82, 2.24) is 30.1 Å². The molecule has 33 heavy (non-hydrogen) atoms. The average molecular weight is 448 g/mol. The van der Waals surface area contributed by atoms with E-state index in [1.165, 1.54) is 15.2 Å². The molecule has 1 atom stereocenters. The van der Waals surface area contributed by atoms with Crippen molar-refractivity contribution < 1.29 is 19.2 Å². The molecule has 5 rings (SSSR count). The summed E-state index contributed by atoms with van der Waals surface area (Å²) in [6.45, 7) is 3.65. The van der Waals surface area contributed by atoms with E-state index in [1.54, 1.807) is 23.2 Å². The van der Waals surface area contributed by atoms with Crippen LogP contribution in [0.15, 0.2) is 36.0 Å². The predicted octanol–water partition coefficient (Wildman–Crippen LogP) is 1.21. The Labute approximate surface area is 190 Å². The largest absolute Gasteiger partial charge is 0.333 e. The smallest absolute Gasteiger partial charge is 0.276 e. The molecular weight excluding hydrogens is 424 g/mol. The number of hydrogen-bond acceptors (Lipinski definition) is 6. The highest BCUT2D eigenvalue weighted by Crippen LogP contribution is 2.29. The first-order chi connectivity index (χ1) is 15.9. The van der Waals surface area contributed by atoms with Crippen molar-refractivity contribution >= 4 is 23.6 Å². The van der Waals surface area contributed by atoms with E-state index in [9.17, 15) is 19.2 Å². The molecule has 3 aliphatic rings. The maximum Gasteiger partial charge on any atom is 0.276 e. The van der Waals surface area contributed by atoms with Crippen molar-refractivity contribution in [2.24, 2.45) is 0 Å². The fourth-order valence-electron chi connectivity index (χ4n) is 4.66. The summed E-state index contributed by atoms with van der Waals surface area (Å²) in [4.78, 5) is 52.6. The lowest BCUT2D eigenvalue weighted by molar-refractivity contribution is -0.136. The van der Waals surface area contributed by atoms with Crippen molar-refractivity contribution in [3.8, 4) is 5.69 Å². The van der Waals surface area contributed by atoms with Crippen LogP contribution in [0.2, 0.25) is 0 Å². The van der Waals surface area contributed by atoms with Gasteiger partial charge in [0.05, 0.1) is 11.9 Å². The monoisotopic (exact) mass is 448 g/mol. The van der Waals surface area contributed by atoms with Crippen LogP contribution in [0.25, 0.3) is 5.69 Å². The van der Waals surface area contributed by atoms with Crippen molar-refractivity contribution in [2.45, 2.75) is 45.2 Å². The molecule has 10 heteroatoms. The summed E-state index contributed by atoms with van der Waals surface area (Å²) in [6.07, 6.45) is 6.13. The predicted molar refractivity (Wildman–Crippen MR) is 116 cm³/mol. The van der Waals surface area contributed by atoms with Crippen LogP contribution in [0.3, 0.4) is 0 Å². The SMILES string of the molecule is CCC=C1CCN(C(=O)c2cn(-c3ccc4c(c3)CN(C3CCC(=O)NC3=O)C4=O)nn2)C1. The molecule has 0 saturated carbocycles. The topological polar surface area (TPSA) is 118 Å². The molecule has 10 nitrogen and oxygen atoms in total. The summed E-state index contributed by atoms with van der Waals surface area (Å²) >= 11 is 0. The second-order valence-corrected chi connectivity index (χ2v) is 8.54. The molecule has 4 amide bonds. The maximum absolute atomic E-state index is 12.9. The Bertz CT molecular complexity index is 1200. The number of benzene rings is 1. The highest BCUT2D eigenvalue weighted by Gasteiger charge is 2.39. The second kappa shape index (κ2) is 8.27. The van der Waals surface area contributed by atoms with Crippen LogP contribution < -0.4 is 5.32 Å². The number of hydrogen-bond donors (Lipinski definition) is 1. The van der Waals surface area contributed by atoms with Gasteiger partial charge in [-0.2, -0.15) is 0 Å². The average Bonchev–Trinajstić information content (AvgIpc) is 3.53. The van der Waals surface area contributed by atoms with Gasteiger partial charge in [-0.1, -0.05) is 23.8 Å². The minimum Gasteiger partial charge on any atom is -0.333 e. The van der Waals surface area contributed by atoms with E-state index in [1.807, 2.05) is 6.07 Å². The van der Waals surface area contributed by atoms with Crippen LogP contribution in [0.1, 0.15) is 59.0 Å². The van der Waals surface area contributed by atoms with Gasteiger partial charge in [-0.3, -0.25) is 24.5 Å². The Morgan fingerprint density at radius 1 is 1.21 bits per heavy atom. The van der Waals surface area contributed by atoms with Crippen LogP contribution in [-0.4, -0.2) is 67.6 Å². The minimum atomic E-state index is -0.659. The number of rotatable bonds is 4. The van der Waals surface area contributed by atoms with E-state index in [0.29, 0.717) is 30.8 Å². The van der Waals surface area contributed by atoms with Crippen LogP contribution in [0.5, 0.6) is 0 Å². The summed E-state index contributed by atoms with van der Waals surface area (Å²) in [6, 6.07) is 4.60. The zero-order valence-corrected chi connectivity index (χ0v) is 18.3. The summed E-state index contributed by atoms with van der Waals surface area (Å²) in [5.41, 5.74) is 3.49. The summed E-state index contributed by atoms with van der Waals surface area (Å²) < 4.78 is 1.52. The number of carbonyl (C=O) groups excluding carboxylic acids is 4. The number of nitrogens with one attached hydrogen (secondary N) is 1. The zero-order chi connectivity index (χ0) is 23.1. The first-order valence-corrected chi connectivity index (χ1v) is 11.1. The Morgan fingerprint density at radius 3 is 2.85 bits per heavy atom. The molecular formula is C23H24N6O4. The molecule has 0 spiro atoms. The number of amides is 4. The summed E-state index contributed by atoms with van der Waals surface area (Å²) in [7, 11) is 0. The fourth-order valence-corrected chi connectivity index (χ4v) is 4.66. The van der Waals surface area contributed by atoms with Crippen molar-refractivity contribution in [3.63, 3.8) is 0 Å². The number of fused-ring (bicyclic) bond motifs is 1. The molecule has 0 bridgehead atoms. The minimum absolute atomic E-state index is 0.152. The highest BCUT2D eigenvalue weighted by molar-refractivity contribution is 6.05. The molecule has 1 N–H and O–H groups in total. The lowest BCUT2D eigenvalue weighted by Gasteiger charge is -2.29. The van der Waals surface area contributed by atoms with E-state index >= 15 is 0 Å². The Morgan fingerprint density at radius 2 is 2.06 bits per heavy atom.